The van der Waals surface area contributed by atoms with E-state index in [1.807, 2.05) is 0 Å². The monoisotopic (exact) mass is 832 g/mol. The molecular formula is C22H41Cl2N5O12Pt. The van der Waals surface area contributed by atoms with Gasteiger partial charge in [-0.1, -0.05) is 19.8 Å². The van der Waals surface area contributed by atoms with Gasteiger partial charge < -0.3 is 53.4 Å². The number of carbonyl (C=O) groups is 7. The van der Waals surface area contributed by atoms with Crippen molar-refractivity contribution in [1.29, 1.82) is 0 Å². The second-order valence-electron chi connectivity index (χ2n) is 7.80. The number of hydrogen-bond acceptors (Lipinski definition) is 8. The summed E-state index contributed by atoms with van der Waals surface area (Å²) in [6.45, 7) is 2.31. The molecule has 2 atom stereocenters. The van der Waals surface area contributed by atoms with Crippen LogP contribution in [0, 0.1) is 0 Å². The van der Waals surface area contributed by atoms with Crippen molar-refractivity contribution in [3.63, 3.8) is 0 Å². The van der Waals surface area contributed by atoms with Gasteiger partial charge in [0.15, 0.2) is 6.23 Å². The third-order valence-corrected chi connectivity index (χ3v) is 4.54. The van der Waals surface area contributed by atoms with Crippen LogP contribution >= 0.6 is 18.8 Å². The molecule has 17 nitrogen and oxygen atoms in total. The van der Waals surface area contributed by atoms with Crippen LogP contribution in [0.4, 0.5) is 4.79 Å². The number of halogens is 2. The summed E-state index contributed by atoms with van der Waals surface area (Å²) in [5.74, 6) is -4.66. The smallest absolute Gasteiger partial charge is 0.693 e. The molecule has 0 saturated carbocycles. The predicted molar refractivity (Wildman–Crippen MR) is 149 cm³/mol. The Morgan fingerprint density at radius 2 is 1.33 bits per heavy atom. The summed E-state index contributed by atoms with van der Waals surface area (Å²) in [6, 6.07) is -2.20. The van der Waals surface area contributed by atoms with Crippen LogP contribution in [0.1, 0.15) is 77.6 Å². The van der Waals surface area contributed by atoms with E-state index in [4.69, 9.17) is 39.3 Å². The molecule has 0 aromatic rings. The number of hydrogen-bond donors (Lipinski definition) is 7. The summed E-state index contributed by atoms with van der Waals surface area (Å²) in [5, 5.41) is 41.2. The first-order valence-corrected chi connectivity index (χ1v) is 17.6. The van der Waals surface area contributed by atoms with Crippen molar-refractivity contribution < 1.29 is 75.2 Å². The van der Waals surface area contributed by atoms with Crippen molar-refractivity contribution in [2.75, 3.05) is 6.54 Å². The van der Waals surface area contributed by atoms with Crippen molar-refractivity contribution in [3.05, 3.63) is 12.3 Å². The molecule has 0 aromatic carbocycles. The Morgan fingerprint density at radius 3 is 1.79 bits per heavy atom. The average molecular weight is 834 g/mol. The minimum Gasteiger partial charge on any atom is -0.693 e. The standard InChI is InChI=1S/C16H25N3O10.C6H12O2.2ClH.2H2N.Pt/c20-9-29-12(5-7-14(24)25)19-16(28)18-10(15(26)27)3-1-2-8-17-11(21)4-6-13(22)23;1-2-3-4-5-6(7)8;;;;;/h9-10,12H,1-8H2,(H,17,21)(H,22,23)(H,24,25)(H,26,27)(H2,18,19,28);2-5H2,1H3,(H,7,8);2*1H;2*1H2;/q;;;;2*-1;+4/p-2/t10-,12+;;;;;;/m0....../s1. The largest absolute Gasteiger partial charge is 0.693 e. The zero-order valence-corrected chi connectivity index (χ0v) is 26.8. The number of rotatable bonds is 20. The van der Waals surface area contributed by atoms with Crippen LogP contribution in [0.3, 0.4) is 0 Å². The van der Waals surface area contributed by atoms with Crippen LogP contribution in [0.25, 0.3) is 12.3 Å². The zero-order chi connectivity index (χ0) is 31.3. The van der Waals surface area contributed by atoms with Gasteiger partial charge in [-0.05, 0) is 25.7 Å². The summed E-state index contributed by atoms with van der Waals surface area (Å²) in [6.07, 6.45) is 1.83. The zero-order valence-electron chi connectivity index (χ0n) is 23.0. The van der Waals surface area contributed by atoms with E-state index in [0.29, 0.717) is 19.3 Å². The maximum absolute atomic E-state index is 11.9. The number of nitrogens with one attached hydrogen (secondary N) is 3. The molecule has 0 saturated heterocycles. The van der Waals surface area contributed by atoms with E-state index >= 15 is 0 Å². The Kier molecular flexibility index (Phi) is 40.2. The number of nitrogens with two attached hydrogens (primary N) is 2. The van der Waals surface area contributed by atoms with E-state index in [9.17, 15) is 33.6 Å². The second-order valence-corrected chi connectivity index (χ2v) is 11.1. The van der Waals surface area contributed by atoms with Gasteiger partial charge in [0.1, 0.15) is 6.04 Å². The van der Waals surface area contributed by atoms with Gasteiger partial charge in [-0.3, -0.25) is 24.0 Å². The van der Waals surface area contributed by atoms with Crippen LogP contribution in [0.5, 0.6) is 0 Å². The predicted octanol–water partition coefficient (Wildman–Crippen LogP) is 3.72. The number of amides is 3. The summed E-state index contributed by atoms with van der Waals surface area (Å²) < 4.78 is 4.54. The third-order valence-electron chi connectivity index (χ3n) is 4.54. The molecule has 0 aliphatic rings. The number of carboxylic acid groups (broad SMARTS) is 4. The first-order chi connectivity index (χ1) is 18.8. The molecule has 0 fully saturated rings. The van der Waals surface area contributed by atoms with Gasteiger partial charge in [-0.25, -0.2) is 9.59 Å². The molecule has 20 heteroatoms. The fourth-order valence-corrected chi connectivity index (χ4v) is 2.64. The van der Waals surface area contributed by atoms with E-state index < -0.39 is 64.6 Å². The van der Waals surface area contributed by atoms with E-state index in [2.05, 4.69) is 27.6 Å². The molecule has 0 aliphatic heterocycles. The van der Waals surface area contributed by atoms with Gasteiger partial charge in [0.2, 0.25) is 5.91 Å². The van der Waals surface area contributed by atoms with Gasteiger partial charge in [-0.15, -0.1) is 0 Å². The minimum atomic E-state index is -1.30. The second kappa shape index (κ2) is 34.5. The van der Waals surface area contributed by atoms with Crippen molar-refractivity contribution in [2.24, 2.45) is 0 Å². The van der Waals surface area contributed by atoms with Gasteiger partial charge in [-0.2, -0.15) is 0 Å². The molecule has 0 aliphatic carbocycles. The fourth-order valence-electron chi connectivity index (χ4n) is 2.64. The number of aliphatic carboxylic acids is 4. The molecule has 0 radical (unpaired) electrons. The van der Waals surface area contributed by atoms with Gasteiger partial charge in [0.05, 0.1) is 12.8 Å². The van der Waals surface area contributed by atoms with E-state index in [1.54, 1.807) is 0 Å². The van der Waals surface area contributed by atoms with E-state index in [-0.39, 0.29) is 57.4 Å². The topological polar surface area (TPSA) is 313 Å². The average Bonchev–Trinajstić information content (AvgIpc) is 2.86. The summed E-state index contributed by atoms with van der Waals surface area (Å²) in [4.78, 5) is 75.6. The third kappa shape index (κ3) is 39.4. The van der Waals surface area contributed by atoms with Gasteiger partial charge in [0, 0.05) is 25.8 Å². The number of carbonyl (C=O) groups excluding carboxylic acids is 3. The molecule has 250 valence electrons. The number of carboxylic acids is 4. The van der Waals surface area contributed by atoms with Crippen LogP contribution in [-0.4, -0.2) is 81.5 Å². The molecule has 0 unspecified atom stereocenters. The molecule has 3 amide bonds. The SMILES string of the molecule is CCCCCC(=O)O.O=CO[C@H](CCC(=O)O)NC(=O)N[C@@H](CCCCNC(=O)CCC(=O)O)C(=O)O.[Cl][Pt+2][Cl].[NH2-].[NH2-]. The Hall–Kier alpha value is -2.72. The van der Waals surface area contributed by atoms with Crippen LogP contribution in [0.2, 0.25) is 0 Å². The Bertz CT molecular complexity index is 784. The molecule has 0 heterocycles. The quantitative estimate of drug-likeness (QED) is 0.0525. The van der Waals surface area contributed by atoms with Crippen LogP contribution in [0.15, 0.2) is 0 Å². The van der Waals surface area contributed by atoms with E-state index in [0.717, 1.165) is 19.3 Å². The summed E-state index contributed by atoms with van der Waals surface area (Å²) >= 11 is -0.472. The fraction of sp³-hybridized carbons (Fsp3) is 0.682. The molecule has 11 N–H and O–H groups in total. The molecule has 0 rings (SSSR count). The van der Waals surface area contributed by atoms with Crippen molar-refractivity contribution >= 4 is 61.1 Å². The van der Waals surface area contributed by atoms with Gasteiger partial charge >= 0.3 is 65.2 Å². The molecule has 42 heavy (non-hydrogen) atoms. The Morgan fingerprint density at radius 1 is 0.786 bits per heavy atom. The minimum absolute atomic E-state index is 0. The Balaban J connectivity index is -0.000000297. The van der Waals surface area contributed by atoms with Gasteiger partial charge in [0.25, 0.3) is 6.47 Å². The number of urea groups is 1. The first-order valence-electron chi connectivity index (χ1n) is 12.0. The Labute approximate surface area is 260 Å². The summed E-state index contributed by atoms with van der Waals surface area (Å²) in [5.41, 5.74) is 0. The number of unbranched alkanes of at least 4 members (excludes halogenated alkanes) is 3. The maximum atomic E-state index is 11.9. The first kappa shape index (κ1) is 49.0. The molecule has 0 aromatic heterocycles. The van der Waals surface area contributed by atoms with Crippen molar-refractivity contribution in [3.8, 4) is 0 Å². The molecular weight excluding hydrogens is 792 g/mol. The van der Waals surface area contributed by atoms with Crippen molar-refractivity contribution in [2.45, 2.75) is 89.8 Å². The number of ether oxygens (including phenoxy) is 1. The van der Waals surface area contributed by atoms with Crippen LogP contribution < -0.4 is 16.0 Å². The normalized spacial score (nSPS) is 10.6. The molecule has 0 bridgehead atoms. The van der Waals surface area contributed by atoms with Crippen LogP contribution in [-0.2, 0) is 50.0 Å². The van der Waals surface area contributed by atoms with Crippen molar-refractivity contribution in [1.82, 2.24) is 16.0 Å². The summed E-state index contributed by atoms with van der Waals surface area (Å²) in [7, 11) is 9.75. The maximum Gasteiger partial charge on any atom is -0.693 e. The van der Waals surface area contributed by atoms with E-state index in [1.165, 1.54) is 0 Å². The molecule has 0 spiro atoms.